The van der Waals surface area contributed by atoms with Gasteiger partial charge >= 0.3 is 6.09 Å². The van der Waals surface area contributed by atoms with Crippen LogP contribution in [0.25, 0.3) is 0 Å². The van der Waals surface area contributed by atoms with Gasteiger partial charge in [-0.25, -0.2) is 10.2 Å². The third-order valence-corrected chi connectivity index (χ3v) is 1.53. The maximum Gasteiger partial charge on any atom is 0.421 e. The van der Waals surface area contributed by atoms with Gasteiger partial charge in [-0.1, -0.05) is 26.2 Å². The number of carbonyl (C=O) groups excluding carboxylic acids is 1. The molecule has 0 saturated carbocycles. The van der Waals surface area contributed by atoms with Gasteiger partial charge in [0, 0.05) is 6.54 Å². The highest BCUT2D eigenvalue weighted by molar-refractivity contribution is 5.66. The van der Waals surface area contributed by atoms with Crippen molar-refractivity contribution in [2.75, 3.05) is 13.7 Å². The van der Waals surface area contributed by atoms with E-state index in [1.807, 2.05) is 0 Å². The Hall–Kier alpha value is -0.770. The second-order valence-corrected chi connectivity index (χ2v) is 2.60. The van der Waals surface area contributed by atoms with E-state index in [4.69, 9.17) is 0 Å². The highest BCUT2D eigenvalue weighted by Crippen LogP contribution is 1.96. The number of hydrogen-bond donors (Lipinski definition) is 2. The molecule has 0 bridgehead atoms. The molecule has 1 amide bonds. The van der Waals surface area contributed by atoms with Crippen LogP contribution in [0.4, 0.5) is 4.79 Å². The zero-order chi connectivity index (χ0) is 9.23. The highest BCUT2D eigenvalue weighted by atomic mass is 16.5. The Morgan fingerprint density at radius 1 is 1.33 bits per heavy atom. The van der Waals surface area contributed by atoms with Crippen LogP contribution >= 0.6 is 0 Å². The van der Waals surface area contributed by atoms with Gasteiger partial charge in [-0.05, 0) is 6.42 Å². The van der Waals surface area contributed by atoms with Crippen LogP contribution in [0.1, 0.15) is 32.6 Å². The first-order chi connectivity index (χ1) is 5.81. The van der Waals surface area contributed by atoms with Gasteiger partial charge in [0.2, 0.25) is 0 Å². The summed E-state index contributed by atoms with van der Waals surface area (Å²) in [5.41, 5.74) is 5.17. The first-order valence-corrected chi connectivity index (χ1v) is 4.38. The van der Waals surface area contributed by atoms with Crippen LogP contribution < -0.4 is 10.9 Å². The van der Waals surface area contributed by atoms with Gasteiger partial charge < -0.3 is 4.74 Å². The van der Waals surface area contributed by atoms with Crippen molar-refractivity contribution in [1.29, 1.82) is 0 Å². The molecule has 0 aliphatic carbocycles. The van der Waals surface area contributed by atoms with Gasteiger partial charge in [-0.2, -0.15) is 0 Å². The molecular formula is C8H18N2O2. The number of amides is 1. The van der Waals surface area contributed by atoms with E-state index < -0.39 is 6.09 Å². The molecule has 72 valence electrons. The van der Waals surface area contributed by atoms with Crippen LogP contribution in [-0.4, -0.2) is 19.7 Å². The Bertz CT molecular complexity index is 118. The van der Waals surface area contributed by atoms with Gasteiger partial charge in [-0.15, -0.1) is 0 Å². The van der Waals surface area contributed by atoms with Crippen LogP contribution in [-0.2, 0) is 4.74 Å². The van der Waals surface area contributed by atoms with Crippen molar-refractivity contribution in [1.82, 2.24) is 10.9 Å². The molecule has 4 heteroatoms. The molecule has 0 aromatic rings. The summed E-state index contributed by atoms with van der Waals surface area (Å²) in [5.74, 6) is 0. The Morgan fingerprint density at radius 2 is 2.08 bits per heavy atom. The van der Waals surface area contributed by atoms with Crippen LogP contribution in [0.2, 0.25) is 0 Å². The largest absolute Gasteiger partial charge is 0.452 e. The molecule has 0 aliphatic rings. The molecule has 12 heavy (non-hydrogen) atoms. The van der Waals surface area contributed by atoms with Crippen LogP contribution in [0.3, 0.4) is 0 Å². The predicted octanol–water partition coefficient (Wildman–Crippen LogP) is 1.43. The fraction of sp³-hybridized carbons (Fsp3) is 0.875. The lowest BCUT2D eigenvalue weighted by Gasteiger charge is -2.04. The third-order valence-electron chi connectivity index (χ3n) is 1.53. The van der Waals surface area contributed by atoms with Crippen LogP contribution in [0.15, 0.2) is 0 Å². The van der Waals surface area contributed by atoms with E-state index >= 15 is 0 Å². The van der Waals surface area contributed by atoms with Gasteiger partial charge in [-0.3, -0.25) is 5.43 Å². The molecule has 0 radical (unpaired) electrons. The van der Waals surface area contributed by atoms with E-state index in [-0.39, 0.29) is 0 Å². The number of hydrazine groups is 1. The Kier molecular flexibility index (Phi) is 7.79. The lowest BCUT2D eigenvalue weighted by Crippen LogP contribution is -2.37. The van der Waals surface area contributed by atoms with Crippen LogP contribution in [0, 0.1) is 0 Å². The number of carbonyl (C=O) groups is 1. The maximum atomic E-state index is 10.5. The molecule has 0 aliphatic heterocycles. The molecule has 0 aromatic carbocycles. The quantitative estimate of drug-likeness (QED) is 0.473. The third kappa shape index (κ3) is 7.34. The lowest BCUT2D eigenvalue weighted by molar-refractivity contribution is 0.165. The van der Waals surface area contributed by atoms with Gasteiger partial charge in [0.25, 0.3) is 0 Å². The number of nitrogens with one attached hydrogen (secondary N) is 2. The standard InChI is InChI=1S/C8H18N2O2/c1-3-4-5-6-7-9-10-8(11)12-2/h9H,3-7H2,1-2H3,(H,10,11). The maximum absolute atomic E-state index is 10.5. The first kappa shape index (κ1) is 11.2. The molecule has 0 spiro atoms. The minimum Gasteiger partial charge on any atom is -0.452 e. The summed E-state index contributed by atoms with van der Waals surface area (Å²) in [7, 11) is 1.34. The van der Waals surface area contributed by atoms with Gasteiger partial charge in [0.15, 0.2) is 0 Å². The van der Waals surface area contributed by atoms with Gasteiger partial charge in [0.1, 0.15) is 0 Å². The molecule has 0 unspecified atom stereocenters. The minimum atomic E-state index is -0.439. The highest BCUT2D eigenvalue weighted by Gasteiger charge is 1.94. The predicted molar refractivity (Wildman–Crippen MR) is 47.7 cm³/mol. The summed E-state index contributed by atoms with van der Waals surface area (Å²) in [6.07, 6.45) is 4.32. The van der Waals surface area contributed by atoms with E-state index in [1.165, 1.54) is 26.4 Å². The summed E-state index contributed by atoms with van der Waals surface area (Å²) in [6, 6.07) is 0. The zero-order valence-electron chi connectivity index (χ0n) is 7.85. The average molecular weight is 174 g/mol. The second-order valence-electron chi connectivity index (χ2n) is 2.60. The summed E-state index contributed by atoms with van der Waals surface area (Å²) < 4.78 is 4.37. The topological polar surface area (TPSA) is 50.4 Å². The van der Waals surface area contributed by atoms with Crippen molar-refractivity contribution in [3.05, 3.63) is 0 Å². The Labute approximate surface area is 73.6 Å². The van der Waals surface area contributed by atoms with Crippen molar-refractivity contribution in [2.24, 2.45) is 0 Å². The molecule has 0 heterocycles. The summed E-state index contributed by atoms with van der Waals surface area (Å²) >= 11 is 0. The van der Waals surface area contributed by atoms with Crippen LogP contribution in [0.5, 0.6) is 0 Å². The second kappa shape index (κ2) is 8.33. The normalized spacial score (nSPS) is 9.50. The van der Waals surface area contributed by atoms with E-state index in [2.05, 4.69) is 22.5 Å². The molecule has 0 atom stereocenters. The fourth-order valence-corrected chi connectivity index (χ4v) is 0.826. The molecule has 4 nitrogen and oxygen atoms in total. The molecule has 0 fully saturated rings. The van der Waals surface area contributed by atoms with Crippen molar-refractivity contribution < 1.29 is 9.53 Å². The number of rotatable bonds is 6. The first-order valence-electron chi connectivity index (χ1n) is 4.38. The molecular weight excluding hydrogens is 156 g/mol. The van der Waals surface area contributed by atoms with Gasteiger partial charge in [0.05, 0.1) is 7.11 Å². The Balaban J connectivity index is 2.95. The summed E-state index contributed by atoms with van der Waals surface area (Å²) in [4.78, 5) is 10.5. The number of methoxy groups -OCH3 is 1. The molecule has 0 aromatic heterocycles. The van der Waals surface area contributed by atoms with E-state index in [0.29, 0.717) is 0 Å². The van der Waals surface area contributed by atoms with Crippen molar-refractivity contribution >= 4 is 6.09 Å². The smallest absolute Gasteiger partial charge is 0.421 e. The van der Waals surface area contributed by atoms with Crippen molar-refractivity contribution in [3.8, 4) is 0 Å². The van der Waals surface area contributed by atoms with E-state index in [0.717, 1.165) is 13.0 Å². The minimum absolute atomic E-state index is 0.439. The summed E-state index contributed by atoms with van der Waals surface area (Å²) in [6.45, 7) is 2.97. The van der Waals surface area contributed by atoms with Crippen molar-refractivity contribution in [3.63, 3.8) is 0 Å². The molecule has 0 saturated heterocycles. The Morgan fingerprint density at radius 3 is 2.67 bits per heavy atom. The number of hydrogen-bond acceptors (Lipinski definition) is 3. The SMILES string of the molecule is CCCCCCNNC(=O)OC. The lowest BCUT2D eigenvalue weighted by atomic mass is 10.2. The zero-order valence-corrected chi connectivity index (χ0v) is 7.85. The number of ether oxygens (including phenoxy) is 1. The average Bonchev–Trinajstić information content (AvgIpc) is 2.10. The number of unbranched alkanes of at least 4 members (excludes halogenated alkanes) is 3. The summed E-state index contributed by atoms with van der Waals surface area (Å²) in [5, 5.41) is 0. The molecule has 0 rings (SSSR count). The van der Waals surface area contributed by atoms with Crippen molar-refractivity contribution in [2.45, 2.75) is 32.6 Å². The van der Waals surface area contributed by atoms with E-state index in [1.54, 1.807) is 0 Å². The van der Waals surface area contributed by atoms with E-state index in [9.17, 15) is 4.79 Å². The molecule has 2 N–H and O–H groups in total. The monoisotopic (exact) mass is 174 g/mol. The fourth-order valence-electron chi connectivity index (χ4n) is 0.826.